The monoisotopic (exact) mass is 363 g/mol. The van der Waals surface area contributed by atoms with Gasteiger partial charge in [0.1, 0.15) is 5.82 Å². The summed E-state index contributed by atoms with van der Waals surface area (Å²) in [5, 5.41) is 3.82. The van der Waals surface area contributed by atoms with Crippen LogP contribution in [0.25, 0.3) is 11.3 Å². The van der Waals surface area contributed by atoms with Crippen LogP contribution >= 0.6 is 0 Å². The highest BCUT2D eigenvalue weighted by Gasteiger charge is 2.36. The van der Waals surface area contributed by atoms with Crippen molar-refractivity contribution < 1.29 is 0 Å². The molecule has 1 aliphatic carbocycles. The zero-order valence-corrected chi connectivity index (χ0v) is 16.0. The number of fused-ring (bicyclic) bond motifs is 3. The Balaban J connectivity index is 1.49. The largest absolute Gasteiger partial charge is 0.368 e. The molecule has 2 aromatic rings. The van der Waals surface area contributed by atoms with Crippen molar-refractivity contribution in [3.63, 3.8) is 0 Å². The maximum absolute atomic E-state index is 6.17. The molecular formula is C22H29N5. The molecule has 5 nitrogen and oxygen atoms in total. The molecule has 1 aromatic carbocycles. The van der Waals surface area contributed by atoms with Crippen LogP contribution in [0.3, 0.4) is 0 Å². The predicted molar refractivity (Wildman–Crippen MR) is 110 cm³/mol. The molecule has 0 saturated carbocycles. The van der Waals surface area contributed by atoms with E-state index in [2.05, 4.69) is 39.5 Å². The molecule has 0 amide bonds. The molecular weight excluding hydrogens is 334 g/mol. The van der Waals surface area contributed by atoms with E-state index in [-0.39, 0.29) is 0 Å². The Hall–Kier alpha value is -2.14. The lowest BCUT2D eigenvalue weighted by molar-refractivity contribution is 0.205. The first-order chi connectivity index (χ1) is 13.2. The number of aromatic nitrogens is 2. The van der Waals surface area contributed by atoms with E-state index >= 15 is 0 Å². The van der Waals surface area contributed by atoms with Gasteiger partial charge in [0.15, 0.2) is 0 Å². The Kier molecular flexibility index (Phi) is 4.27. The molecule has 3 N–H and O–H groups in total. The molecule has 0 bridgehead atoms. The van der Waals surface area contributed by atoms with Crippen LogP contribution < -0.4 is 16.0 Å². The molecule has 3 aliphatic rings. The highest BCUT2D eigenvalue weighted by Crippen LogP contribution is 2.38. The Morgan fingerprint density at radius 1 is 0.963 bits per heavy atom. The summed E-state index contributed by atoms with van der Waals surface area (Å²) in [6.45, 7) is 3.28. The summed E-state index contributed by atoms with van der Waals surface area (Å²) in [7, 11) is 0. The molecule has 142 valence electrons. The molecule has 27 heavy (non-hydrogen) atoms. The number of nitrogen functional groups attached to an aromatic ring is 1. The molecule has 0 unspecified atom stereocenters. The van der Waals surface area contributed by atoms with Gasteiger partial charge in [0.2, 0.25) is 5.95 Å². The average molecular weight is 364 g/mol. The molecule has 2 fully saturated rings. The van der Waals surface area contributed by atoms with Crippen molar-refractivity contribution >= 4 is 11.8 Å². The maximum atomic E-state index is 6.17. The van der Waals surface area contributed by atoms with Crippen LogP contribution in [0.2, 0.25) is 0 Å². The number of aryl methyl sites for hydroxylation is 1. The van der Waals surface area contributed by atoms with Gasteiger partial charge < -0.3 is 16.0 Å². The average Bonchev–Trinajstić information content (AvgIpc) is 2.88. The number of benzene rings is 1. The number of nitrogens with zero attached hydrogens (tertiary/aromatic N) is 3. The third-order valence-electron chi connectivity index (χ3n) is 6.75. The van der Waals surface area contributed by atoms with Crippen molar-refractivity contribution in [2.24, 2.45) is 0 Å². The quantitative estimate of drug-likeness (QED) is 0.813. The minimum absolute atomic E-state index is 0.358. The van der Waals surface area contributed by atoms with Crippen LogP contribution in [0, 0.1) is 0 Å². The van der Waals surface area contributed by atoms with Crippen molar-refractivity contribution in [3.8, 4) is 11.3 Å². The SMILES string of the molecule is Nc1nc2c(c(N3CCC4(CCCCN4)CC3)n1)CCCc1ccccc1-2. The molecule has 5 rings (SSSR count). The number of hydrogen-bond acceptors (Lipinski definition) is 5. The second kappa shape index (κ2) is 6.79. The van der Waals surface area contributed by atoms with Crippen LogP contribution in [0.15, 0.2) is 24.3 Å². The second-order valence-electron chi connectivity index (χ2n) is 8.39. The van der Waals surface area contributed by atoms with Crippen molar-refractivity contribution in [2.75, 3.05) is 30.3 Å². The Morgan fingerprint density at radius 2 is 1.81 bits per heavy atom. The van der Waals surface area contributed by atoms with E-state index in [1.165, 1.54) is 55.3 Å². The fourth-order valence-electron chi connectivity index (χ4n) is 5.23. The van der Waals surface area contributed by atoms with Crippen LogP contribution in [-0.4, -0.2) is 35.1 Å². The fraction of sp³-hybridized carbons (Fsp3) is 0.545. The lowest BCUT2D eigenvalue weighted by atomic mass is 9.80. The fourth-order valence-corrected chi connectivity index (χ4v) is 5.23. The summed E-state index contributed by atoms with van der Waals surface area (Å²) in [5.74, 6) is 1.48. The van der Waals surface area contributed by atoms with Crippen LogP contribution in [-0.2, 0) is 12.8 Å². The summed E-state index contributed by atoms with van der Waals surface area (Å²) < 4.78 is 0. The van der Waals surface area contributed by atoms with Gasteiger partial charge in [0.05, 0.1) is 5.69 Å². The number of nitrogens with one attached hydrogen (secondary N) is 1. The minimum atomic E-state index is 0.358. The van der Waals surface area contributed by atoms with Gasteiger partial charge in [-0.2, -0.15) is 4.98 Å². The summed E-state index contributed by atoms with van der Waals surface area (Å²) in [6, 6.07) is 8.64. The molecule has 0 radical (unpaired) electrons. The van der Waals surface area contributed by atoms with Crippen molar-refractivity contribution in [3.05, 3.63) is 35.4 Å². The third kappa shape index (κ3) is 3.08. The summed E-state index contributed by atoms with van der Waals surface area (Å²) in [6.07, 6.45) is 9.66. The van der Waals surface area contributed by atoms with E-state index in [4.69, 9.17) is 10.7 Å². The van der Waals surface area contributed by atoms with Gasteiger partial charge in [-0.25, -0.2) is 4.98 Å². The van der Waals surface area contributed by atoms with Crippen LogP contribution in [0.4, 0.5) is 11.8 Å². The Bertz CT molecular complexity index is 831. The standard InChI is InChI=1S/C22H29N5/c23-21-25-19-17-8-2-1-6-16(17)7-5-9-18(19)20(26-21)27-14-11-22(12-15-27)10-3-4-13-24-22/h1-2,6,8,24H,3-5,7,9-15H2,(H2,23,25,26). The molecule has 0 atom stereocenters. The molecule has 3 heterocycles. The predicted octanol–water partition coefficient (Wildman–Crippen LogP) is 3.33. The highest BCUT2D eigenvalue weighted by atomic mass is 15.2. The minimum Gasteiger partial charge on any atom is -0.368 e. The number of rotatable bonds is 1. The topological polar surface area (TPSA) is 67.1 Å². The third-order valence-corrected chi connectivity index (χ3v) is 6.75. The van der Waals surface area contributed by atoms with E-state index in [9.17, 15) is 0 Å². The lowest BCUT2D eigenvalue weighted by Gasteiger charge is -2.45. The van der Waals surface area contributed by atoms with Gasteiger partial charge in [-0.1, -0.05) is 30.7 Å². The Labute approximate surface area is 161 Å². The molecule has 1 aromatic heterocycles. The van der Waals surface area contributed by atoms with Gasteiger partial charge in [0.25, 0.3) is 0 Å². The summed E-state index contributed by atoms with van der Waals surface area (Å²) in [5.41, 5.74) is 11.5. The number of nitrogens with two attached hydrogens (primary N) is 1. The van der Waals surface area contributed by atoms with E-state index in [0.717, 1.165) is 43.9 Å². The molecule has 5 heteroatoms. The van der Waals surface area contributed by atoms with Crippen molar-refractivity contribution in [1.29, 1.82) is 0 Å². The number of piperidine rings is 2. The maximum Gasteiger partial charge on any atom is 0.222 e. The van der Waals surface area contributed by atoms with Gasteiger partial charge in [-0.3, -0.25) is 0 Å². The first kappa shape index (κ1) is 17.0. The smallest absolute Gasteiger partial charge is 0.222 e. The summed E-state index contributed by atoms with van der Waals surface area (Å²) in [4.78, 5) is 11.9. The van der Waals surface area contributed by atoms with Gasteiger partial charge in [0, 0.05) is 29.8 Å². The zero-order chi connectivity index (χ0) is 18.3. The van der Waals surface area contributed by atoms with Gasteiger partial charge in [-0.15, -0.1) is 0 Å². The first-order valence-electron chi connectivity index (χ1n) is 10.5. The first-order valence-corrected chi connectivity index (χ1v) is 10.5. The van der Waals surface area contributed by atoms with E-state index in [1.807, 2.05) is 0 Å². The second-order valence-corrected chi connectivity index (χ2v) is 8.39. The van der Waals surface area contributed by atoms with Gasteiger partial charge in [-0.05, 0) is 57.1 Å². The highest BCUT2D eigenvalue weighted by molar-refractivity contribution is 5.74. The Morgan fingerprint density at radius 3 is 2.63 bits per heavy atom. The van der Waals surface area contributed by atoms with Crippen molar-refractivity contribution in [2.45, 2.75) is 56.9 Å². The van der Waals surface area contributed by atoms with E-state index in [0.29, 0.717) is 11.5 Å². The van der Waals surface area contributed by atoms with Crippen molar-refractivity contribution in [1.82, 2.24) is 15.3 Å². The van der Waals surface area contributed by atoms with Crippen LogP contribution in [0.1, 0.15) is 49.7 Å². The van der Waals surface area contributed by atoms with E-state index < -0.39 is 0 Å². The van der Waals surface area contributed by atoms with Crippen LogP contribution in [0.5, 0.6) is 0 Å². The molecule has 2 aliphatic heterocycles. The molecule has 2 saturated heterocycles. The lowest BCUT2D eigenvalue weighted by Crippen LogP contribution is -2.55. The number of hydrogen-bond donors (Lipinski definition) is 2. The summed E-state index contributed by atoms with van der Waals surface area (Å²) >= 11 is 0. The van der Waals surface area contributed by atoms with Gasteiger partial charge >= 0.3 is 0 Å². The zero-order valence-electron chi connectivity index (χ0n) is 16.0. The molecule has 1 spiro atoms. The van der Waals surface area contributed by atoms with E-state index in [1.54, 1.807) is 0 Å². The normalized spacial score (nSPS) is 21.4. The number of anilines is 2.